The van der Waals surface area contributed by atoms with Gasteiger partial charge in [-0.3, -0.25) is 9.59 Å². The number of carbonyl (C=O) groups is 2. The monoisotopic (exact) mass is 373 g/mol. The van der Waals surface area contributed by atoms with Gasteiger partial charge in [0, 0.05) is 20.2 Å². The highest BCUT2D eigenvalue weighted by Gasteiger charge is 2.39. The maximum Gasteiger partial charge on any atom is 0.252 e. The number of methoxy groups -OCH3 is 1. The molecule has 2 aliphatic rings. The lowest BCUT2D eigenvalue weighted by Gasteiger charge is -2.35. The highest BCUT2D eigenvalue weighted by Crippen LogP contribution is 2.23. The first-order valence-corrected chi connectivity index (χ1v) is 9.99. The van der Waals surface area contributed by atoms with Gasteiger partial charge in [0.05, 0.1) is 6.54 Å². The molecule has 1 aromatic rings. The molecule has 6 heteroatoms. The Morgan fingerprint density at radius 3 is 2.48 bits per heavy atom. The molecule has 2 aliphatic heterocycles. The van der Waals surface area contributed by atoms with E-state index < -0.39 is 5.60 Å². The lowest BCUT2D eigenvalue weighted by Crippen LogP contribution is -2.55. The summed E-state index contributed by atoms with van der Waals surface area (Å²) in [6, 6.07) is 10.5. The van der Waals surface area contributed by atoms with Crippen LogP contribution in [0, 0.1) is 5.92 Å². The summed E-state index contributed by atoms with van der Waals surface area (Å²) >= 11 is 0. The molecular weight excluding hydrogens is 342 g/mol. The van der Waals surface area contributed by atoms with Crippen molar-refractivity contribution in [2.24, 2.45) is 5.92 Å². The highest BCUT2D eigenvalue weighted by atomic mass is 16.5. The van der Waals surface area contributed by atoms with Gasteiger partial charge in [-0.25, -0.2) is 0 Å². The minimum atomic E-state index is -0.797. The Bertz CT molecular complexity index is 621. The van der Waals surface area contributed by atoms with Crippen molar-refractivity contribution >= 4 is 11.8 Å². The van der Waals surface area contributed by atoms with E-state index in [9.17, 15) is 9.59 Å². The predicted molar refractivity (Wildman–Crippen MR) is 104 cm³/mol. The fourth-order valence-electron chi connectivity index (χ4n) is 4.12. The fourth-order valence-corrected chi connectivity index (χ4v) is 4.12. The number of carbonyl (C=O) groups excluding carboxylic acids is 2. The normalized spacial score (nSPS) is 20.3. The van der Waals surface area contributed by atoms with Crippen LogP contribution in [0.15, 0.2) is 30.3 Å². The molecule has 3 rings (SSSR count). The van der Waals surface area contributed by atoms with E-state index in [2.05, 4.69) is 34.9 Å². The molecule has 0 aliphatic carbocycles. The van der Waals surface area contributed by atoms with Gasteiger partial charge >= 0.3 is 0 Å². The summed E-state index contributed by atoms with van der Waals surface area (Å²) in [4.78, 5) is 26.9. The summed E-state index contributed by atoms with van der Waals surface area (Å²) in [5.41, 5.74) is 0.565. The molecule has 2 N–H and O–H groups in total. The topological polar surface area (TPSA) is 70.7 Å². The highest BCUT2D eigenvalue weighted by molar-refractivity contribution is 5.89. The average Bonchev–Trinajstić information content (AvgIpc) is 2.73. The summed E-state index contributed by atoms with van der Waals surface area (Å²) in [5, 5.41) is 6.04. The lowest BCUT2D eigenvalue weighted by atomic mass is 9.90. The number of hydrogen-bond donors (Lipinski definition) is 2. The van der Waals surface area contributed by atoms with Crippen molar-refractivity contribution in [1.82, 2.24) is 15.5 Å². The van der Waals surface area contributed by atoms with Gasteiger partial charge in [-0.05, 0) is 56.7 Å². The molecule has 2 amide bonds. The Morgan fingerprint density at radius 2 is 1.85 bits per heavy atom. The summed E-state index contributed by atoms with van der Waals surface area (Å²) in [6.07, 6.45) is 4.37. The number of benzene rings is 1. The molecule has 2 saturated heterocycles. The molecule has 2 fully saturated rings. The van der Waals surface area contributed by atoms with Crippen LogP contribution < -0.4 is 10.6 Å². The van der Waals surface area contributed by atoms with Crippen molar-refractivity contribution < 1.29 is 14.3 Å². The van der Waals surface area contributed by atoms with Gasteiger partial charge in [-0.2, -0.15) is 0 Å². The number of hydrogen-bond acceptors (Lipinski definition) is 4. The van der Waals surface area contributed by atoms with Crippen molar-refractivity contribution in [3.8, 4) is 0 Å². The maximum absolute atomic E-state index is 12.6. The molecule has 0 radical (unpaired) electrons. The zero-order chi connectivity index (χ0) is 19.1. The van der Waals surface area contributed by atoms with Crippen molar-refractivity contribution in [3.05, 3.63) is 35.9 Å². The second kappa shape index (κ2) is 9.33. The first-order valence-electron chi connectivity index (χ1n) is 9.99. The van der Waals surface area contributed by atoms with Crippen LogP contribution in [0.2, 0.25) is 0 Å². The van der Waals surface area contributed by atoms with Crippen LogP contribution in [0.4, 0.5) is 0 Å². The third-order valence-electron chi connectivity index (χ3n) is 5.95. The van der Waals surface area contributed by atoms with Gasteiger partial charge in [-0.15, -0.1) is 0 Å². The van der Waals surface area contributed by atoms with Crippen LogP contribution >= 0.6 is 0 Å². The van der Waals surface area contributed by atoms with E-state index in [-0.39, 0.29) is 18.4 Å². The fraction of sp³-hybridized carbons (Fsp3) is 0.619. The summed E-state index contributed by atoms with van der Waals surface area (Å²) < 4.78 is 5.51. The van der Waals surface area contributed by atoms with Crippen molar-refractivity contribution in [2.75, 3.05) is 39.8 Å². The number of nitrogens with zero attached hydrogens (tertiary/aromatic N) is 1. The number of rotatable bonds is 6. The van der Waals surface area contributed by atoms with Crippen LogP contribution in [-0.4, -0.2) is 62.1 Å². The quantitative estimate of drug-likeness (QED) is 0.790. The largest absolute Gasteiger partial charge is 0.368 e. The van der Waals surface area contributed by atoms with Crippen molar-refractivity contribution in [3.63, 3.8) is 0 Å². The summed E-state index contributed by atoms with van der Waals surface area (Å²) in [7, 11) is 1.57. The molecule has 148 valence electrons. The smallest absolute Gasteiger partial charge is 0.252 e. The molecule has 1 aromatic carbocycles. The number of amides is 2. The maximum atomic E-state index is 12.6. The second-order valence-electron chi connectivity index (χ2n) is 7.64. The van der Waals surface area contributed by atoms with Crippen molar-refractivity contribution in [2.45, 2.75) is 37.7 Å². The third-order valence-corrected chi connectivity index (χ3v) is 5.95. The first kappa shape index (κ1) is 19.8. The van der Waals surface area contributed by atoms with E-state index in [0.29, 0.717) is 18.8 Å². The Morgan fingerprint density at radius 1 is 1.19 bits per heavy atom. The summed E-state index contributed by atoms with van der Waals surface area (Å²) in [5.74, 6) is 0.457. The van der Waals surface area contributed by atoms with E-state index in [0.717, 1.165) is 45.4 Å². The van der Waals surface area contributed by atoms with Gasteiger partial charge in [-0.1, -0.05) is 30.3 Å². The van der Waals surface area contributed by atoms with E-state index in [1.54, 1.807) is 7.11 Å². The molecule has 0 unspecified atom stereocenters. The van der Waals surface area contributed by atoms with Crippen LogP contribution in [-0.2, 0) is 20.7 Å². The predicted octanol–water partition coefficient (Wildman–Crippen LogP) is 1.35. The SMILES string of the molecule is COC1(C(=O)NCC(=O)N2CCC(Cc3ccccc3)CC2)CCNCC1. The Balaban J connectivity index is 1.42. The molecule has 0 aromatic heterocycles. The number of likely N-dealkylation sites (tertiary alicyclic amines) is 1. The standard InChI is InChI=1S/C21H31N3O3/c1-27-21(9-11-22-12-10-21)20(26)23-16-19(25)24-13-7-18(8-14-24)15-17-5-3-2-4-6-17/h2-6,18,22H,7-16H2,1H3,(H,23,26). The third kappa shape index (κ3) is 5.08. The minimum Gasteiger partial charge on any atom is -0.368 e. The van der Waals surface area contributed by atoms with Crippen LogP contribution in [0.3, 0.4) is 0 Å². The van der Waals surface area contributed by atoms with Gasteiger partial charge in [0.1, 0.15) is 5.60 Å². The van der Waals surface area contributed by atoms with Gasteiger partial charge in [0.2, 0.25) is 5.91 Å². The van der Waals surface area contributed by atoms with Gasteiger partial charge in [0.15, 0.2) is 0 Å². The van der Waals surface area contributed by atoms with E-state index >= 15 is 0 Å². The summed E-state index contributed by atoms with van der Waals surface area (Å²) in [6.45, 7) is 3.10. The van der Waals surface area contributed by atoms with Crippen LogP contribution in [0.1, 0.15) is 31.2 Å². The first-order chi connectivity index (χ1) is 13.1. The molecule has 0 spiro atoms. The molecular formula is C21H31N3O3. The van der Waals surface area contributed by atoms with Crippen molar-refractivity contribution in [1.29, 1.82) is 0 Å². The molecule has 0 saturated carbocycles. The van der Waals surface area contributed by atoms with Crippen LogP contribution in [0.25, 0.3) is 0 Å². The van der Waals surface area contributed by atoms with Gasteiger partial charge in [0.25, 0.3) is 5.91 Å². The minimum absolute atomic E-state index is 0.00157. The molecule has 6 nitrogen and oxygen atoms in total. The number of piperidine rings is 2. The zero-order valence-corrected chi connectivity index (χ0v) is 16.2. The number of nitrogens with one attached hydrogen (secondary N) is 2. The molecule has 2 heterocycles. The van der Waals surface area contributed by atoms with Crippen LogP contribution in [0.5, 0.6) is 0 Å². The Labute approximate surface area is 161 Å². The lowest BCUT2D eigenvalue weighted by molar-refractivity contribution is -0.148. The zero-order valence-electron chi connectivity index (χ0n) is 16.2. The molecule has 27 heavy (non-hydrogen) atoms. The number of ether oxygens (including phenoxy) is 1. The molecule has 0 bridgehead atoms. The molecule has 0 atom stereocenters. The van der Waals surface area contributed by atoms with E-state index in [1.165, 1.54) is 5.56 Å². The van der Waals surface area contributed by atoms with E-state index in [4.69, 9.17) is 4.74 Å². The Kier molecular flexibility index (Phi) is 6.85. The second-order valence-corrected chi connectivity index (χ2v) is 7.64. The average molecular weight is 373 g/mol. The Hall–Kier alpha value is -1.92. The van der Waals surface area contributed by atoms with Gasteiger partial charge < -0.3 is 20.3 Å². The van der Waals surface area contributed by atoms with E-state index in [1.807, 2.05) is 11.0 Å².